The number of benzene rings is 2. The lowest BCUT2D eigenvalue weighted by Gasteiger charge is -2.45. The first-order valence-corrected chi connectivity index (χ1v) is 12.2. The third-order valence-electron chi connectivity index (χ3n) is 7.39. The quantitative estimate of drug-likeness (QED) is 0.620. The Hall–Kier alpha value is -3.55. The SMILES string of the molecule is COc1cc2c(cc1OC)C(C(=O)NCCCN1CCCC1=O)C1c3ccccc3CCN1C2=O. The Balaban J connectivity index is 1.47. The first kappa shape index (κ1) is 23.2. The first-order chi connectivity index (χ1) is 17.0. The number of amides is 3. The maximum Gasteiger partial charge on any atom is 0.254 e. The monoisotopic (exact) mass is 477 g/mol. The van der Waals surface area contributed by atoms with Crippen LogP contribution in [-0.2, 0) is 16.0 Å². The number of hydrogen-bond acceptors (Lipinski definition) is 5. The van der Waals surface area contributed by atoms with Gasteiger partial charge in [0.15, 0.2) is 11.5 Å². The lowest BCUT2D eigenvalue weighted by molar-refractivity contribution is -0.127. The molecule has 0 bridgehead atoms. The summed E-state index contributed by atoms with van der Waals surface area (Å²) in [7, 11) is 3.08. The second kappa shape index (κ2) is 9.60. The molecule has 5 rings (SSSR count). The second-order valence-corrected chi connectivity index (χ2v) is 9.29. The smallest absolute Gasteiger partial charge is 0.254 e. The van der Waals surface area contributed by atoms with Gasteiger partial charge in [-0.15, -0.1) is 0 Å². The van der Waals surface area contributed by atoms with E-state index < -0.39 is 12.0 Å². The van der Waals surface area contributed by atoms with E-state index in [0.717, 1.165) is 30.5 Å². The van der Waals surface area contributed by atoms with Crippen molar-refractivity contribution in [2.45, 2.75) is 37.6 Å². The number of carbonyl (C=O) groups is 3. The molecule has 2 unspecified atom stereocenters. The van der Waals surface area contributed by atoms with Crippen LogP contribution in [0.5, 0.6) is 11.5 Å². The van der Waals surface area contributed by atoms with E-state index >= 15 is 0 Å². The molecule has 1 N–H and O–H groups in total. The maximum atomic E-state index is 13.7. The molecule has 8 heteroatoms. The van der Waals surface area contributed by atoms with E-state index in [-0.39, 0.29) is 17.7 Å². The number of methoxy groups -OCH3 is 2. The van der Waals surface area contributed by atoms with Crippen molar-refractivity contribution in [3.63, 3.8) is 0 Å². The van der Waals surface area contributed by atoms with Gasteiger partial charge in [0, 0.05) is 38.2 Å². The minimum absolute atomic E-state index is 0.1000. The molecule has 2 aromatic rings. The molecule has 3 heterocycles. The van der Waals surface area contributed by atoms with Crippen molar-refractivity contribution in [1.82, 2.24) is 15.1 Å². The summed E-state index contributed by atoms with van der Waals surface area (Å²) in [5.41, 5.74) is 3.30. The molecule has 0 radical (unpaired) electrons. The number of hydrogen-bond donors (Lipinski definition) is 1. The minimum Gasteiger partial charge on any atom is -0.493 e. The molecule has 0 spiro atoms. The van der Waals surface area contributed by atoms with Crippen LogP contribution in [0.1, 0.15) is 58.3 Å². The predicted molar refractivity (Wildman–Crippen MR) is 130 cm³/mol. The highest BCUT2D eigenvalue weighted by Crippen LogP contribution is 2.48. The normalized spacial score (nSPS) is 20.7. The molecule has 0 aliphatic carbocycles. The van der Waals surface area contributed by atoms with E-state index in [1.165, 1.54) is 7.11 Å². The van der Waals surface area contributed by atoms with E-state index in [0.29, 0.717) is 55.1 Å². The molecule has 3 aliphatic rings. The van der Waals surface area contributed by atoms with Crippen molar-refractivity contribution >= 4 is 17.7 Å². The Morgan fingerprint density at radius 3 is 2.54 bits per heavy atom. The fourth-order valence-electron chi connectivity index (χ4n) is 5.66. The zero-order valence-corrected chi connectivity index (χ0v) is 20.2. The van der Waals surface area contributed by atoms with Gasteiger partial charge in [-0.3, -0.25) is 14.4 Å². The molecule has 2 atom stereocenters. The molecular formula is C27H31N3O5. The number of fused-ring (bicyclic) bond motifs is 4. The summed E-state index contributed by atoms with van der Waals surface area (Å²) in [5.74, 6) is 0.318. The van der Waals surface area contributed by atoms with Gasteiger partial charge >= 0.3 is 0 Å². The number of likely N-dealkylation sites (tertiary alicyclic amines) is 1. The number of nitrogens with zero attached hydrogens (tertiary/aromatic N) is 2. The van der Waals surface area contributed by atoms with Gasteiger partial charge in [0.05, 0.1) is 26.2 Å². The zero-order valence-electron chi connectivity index (χ0n) is 20.2. The van der Waals surface area contributed by atoms with Crippen LogP contribution in [0.25, 0.3) is 0 Å². The fraction of sp³-hybridized carbons (Fsp3) is 0.444. The first-order valence-electron chi connectivity index (χ1n) is 12.2. The van der Waals surface area contributed by atoms with Crippen molar-refractivity contribution in [2.75, 3.05) is 40.4 Å². The summed E-state index contributed by atoms with van der Waals surface area (Å²) in [4.78, 5) is 42.9. The molecule has 2 aromatic carbocycles. The molecule has 1 saturated heterocycles. The Labute approximate surface area is 205 Å². The highest BCUT2D eigenvalue weighted by molar-refractivity contribution is 6.02. The molecule has 35 heavy (non-hydrogen) atoms. The predicted octanol–water partition coefficient (Wildman–Crippen LogP) is 2.67. The van der Waals surface area contributed by atoms with Gasteiger partial charge in [0.1, 0.15) is 0 Å². The number of nitrogens with one attached hydrogen (secondary N) is 1. The van der Waals surface area contributed by atoms with Gasteiger partial charge in [-0.05, 0) is 48.1 Å². The summed E-state index contributed by atoms with van der Waals surface area (Å²) in [6, 6.07) is 11.1. The van der Waals surface area contributed by atoms with Crippen LogP contribution >= 0.6 is 0 Å². The molecule has 1 fully saturated rings. The lowest BCUT2D eigenvalue weighted by Crippen LogP contribution is -2.50. The topological polar surface area (TPSA) is 88.2 Å². The third-order valence-corrected chi connectivity index (χ3v) is 7.39. The van der Waals surface area contributed by atoms with E-state index in [4.69, 9.17) is 9.47 Å². The van der Waals surface area contributed by atoms with Crippen molar-refractivity contribution in [1.29, 1.82) is 0 Å². The number of rotatable bonds is 7. The summed E-state index contributed by atoms with van der Waals surface area (Å²) in [5, 5.41) is 3.09. The van der Waals surface area contributed by atoms with Crippen LogP contribution in [-0.4, -0.2) is 67.9 Å². The molecule has 3 amide bonds. The Morgan fingerprint density at radius 1 is 1.03 bits per heavy atom. The van der Waals surface area contributed by atoms with E-state index in [9.17, 15) is 14.4 Å². The van der Waals surface area contributed by atoms with E-state index in [2.05, 4.69) is 11.4 Å². The van der Waals surface area contributed by atoms with Crippen LogP contribution in [0.3, 0.4) is 0 Å². The molecule has 0 saturated carbocycles. The average molecular weight is 478 g/mol. The van der Waals surface area contributed by atoms with Gasteiger partial charge in [0.2, 0.25) is 11.8 Å². The molecule has 0 aromatic heterocycles. The largest absolute Gasteiger partial charge is 0.493 e. The Morgan fingerprint density at radius 2 is 1.80 bits per heavy atom. The molecular weight excluding hydrogens is 446 g/mol. The summed E-state index contributed by atoms with van der Waals surface area (Å²) in [6.45, 7) is 2.45. The van der Waals surface area contributed by atoms with Crippen LogP contribution in [0.4, 0.5) is 0 Å². The minimum atomic E-state index is -0.586. The lowest BCUT2D eigenvalue weighted by atomic mass is 9.75. The van der Waals surface area contributed by atoms with Crippen LogP contribution in [0, 0.1) is 0 Å². The van der Waals surface area contributed by atoms with Crippen molar-refractivity contribution in [3.8, 4) is 11.5 Å². The standard InChI is InChI=1S/C27H31N3O5/c1-34-21-15-19-20(16-22(21)35-2)27(33)30-14-10-17-7-3-4-8-18(17)25(30)24(19)26(32)28-11-6-13-29-12-5-9-23(29)31/h3-4,7-8,15-16,24-25H,5-6,9-14H2,1-2H3,(H,28,32). The van der Waals surface area contributed by atoms with Crippen LogP contribution in [0.15, 0.2) is 36.4 Å². The van der Waals surface area contributed by atoms with Gasteiger partial charge in [-0.1, -0.05) is 24.3 Å². The Bertz CT molecular complexity index is 1160. The second-order valence-electron chi connectivity index (χ2n) is 9.29. The zero-order chi connectivity index (χ0) is 24.5. The Kier molecular flexibility index (Phi) is 6.36. The average Bonchev–Trinajstić information content (AvgIpc) is 3.30. The van der Waals surface area contributed by atoms with Gasteiger partial charge in [-0.25, -0.2) is 0 Å². The highest BCUT2D eigenvalue weighted by Gasteiger charge is 2.46. The maximum absolute atomic E-state index is 13.7. The molecule has 3 aliphatic heterocycles. The summed E-state index contributed by atoms with van der Waals surface area (Å²) in [6.07, 6.45) is 2.95. The van der Waals surface area contributed by atoms with Gasteiger partial charge < -0.3 is 24.6 Å². The fourth-order valence-corrected chi connectivity index (χ4v) is 5.66. The number of carbonyl (C=O) groups excluding carboxylic acids is 3. The summed E-state index contributed by atoms with van der Waals surface area (Å²) >= 11 is 0. The van der Waals surface area contributed by atoms with Gasteiger partial charge in [-0.2, -0.15) is 0 Å². The van der Waals surface area contributed by atoms with Crippen molar-refractivity contribution < 1.29 is 23.9 Å². The highest BCUT2D eigenvalue weighted by atomic mass is 16.5. The summed E-state index contributed by atoms with van der Waals surface area (Å²) < 4.78 is 11.0. The van der Waals surface area contributed by atoms with Gasteiger partial charge in [0.25, 0.3) is 5.91 Å². The molecule has 8 nitrogen and oxygen atoms in total. The van der Waals surface area contributed by atoms with E-state index in [1.54, 1.807) is 19.2 Å². The third kappa shape index (κ3) is 4.11. The van der Waals surface area contributed by atoms with Crippen molar-refractivity contribution in [2.24, 2.45) is 0 Å². The number of ether oxygens (including phenoxy) is 2. The van der Waals surface area contributed by atoms with E-state index in [1.807, 2.05) is 28.0 Å². The molecule has 184 valence electrons. The van der Waals surface area contributed by atoms with Crippen LogP contribution < -0.4 is 14.8 Å². The van der Waals surface area contributed by atoms with Crippen LogP contribution in [0.2, 0.25) is 0 Å². The van der Waals surface area contributed by atoms with Crippen molar-refractivity contribution in [3.05, 3.63) is 58.7 Å².